The first-order valence-electron chi connectivity index (χ1n) is 8.89. The number of nitrogens with one attached hydrogen (secondary N) is 3. The van der Waals surface area contributed by atoms with Crippen molar-refractivity contribution in [1.82, 2.24) is 21.2 Å². The van der Waals surface area contributed by atoms with Crippen LogP contribution in [0.3, 0.4) is 0 Å². The summed E-state index contributed by atoms with van der Waals surface area (Å²) in [6, 6.07) is 7.47. The Hall–Kier alpha value is -2.42. The number of hydrogen-bond acceptors (Lipinski definition) is 7. The van der Waals surface area contributed by atoms with Gasteiger partial charge in [-0.1, -0.05) is 6.07 Å². The average Bonchev–Trinajstić information content (AvgIpc) is 3.39. The summed E-state index contributed by atoms with van der Waals surface area (Å²) < 4.78 is 10.7. The van der Waals surface area contributed by atoms with Crippen molar-refractivity contribution in [3.05, 3.63) is 48.0 Å². The molecule has 2 saturated heterocycles. The van der Waals surface area contributed by atoms with Gasteiger partial charge in [0.1, 0.15) is 17.6 Å². The fourth-order valence-electron chi connectivity index (χ4n) is 3.22. The Labute approximate surface area is 151 Å². The van der Waals surface area contributed by atoms with E-state index in [-0.39, 0.29) is 18.0 Å². The van der Waals surface area contributed by atoms with Crippen molar-refractivity contribution < 1.29 is 13.9 Å². The molecule has 8 nitrogen and oxygen atoms in total. The number of hydrogen-bond donors (Lipinski definition) is 3. The van der Waals surface area contributed by atoms with Gasteiger partial charge in [-0.25, -0.2) is 15.8 Å². The Morgan fingerprint density at radius 1 is 1.27 bits per heavy atom. The number of pyridine rings is 1. The lowest BCUT2D eigenvalue weighted by molar-refractivity contribution is -0.123. The van der Waals surface area contributed by atoms with Crippen molar-refractivity contribution >= 4 is 11.7 Å². The van der Waals surface area contributed by atoms with E-state index in [0.717, 1.165) is 43.4 Å². The van der Waals surface area contributed by atoms with Gasteiger partial charge in [0, 0.05) is 25.8 Å². The van der Waals surface area contributed by atoms with Crippen LogP contribution >= 0.6 is 0 Å². The van der Waals surface area contributed by atoms with Crippen LogP contribution in [0.2, 0.25) is 0 Å². The highest BCUT2D eigenvalue weighted by atomic mass is 16.5. The quantitative estimate of drug-likeness (QED) is 0.727. The maximum absolute atomic E-state index is 12.4. The minimum absolute atomic E-state index is 0.00947. The first kappa shape index (κ1) is 17.0. The lowest BCUT2D eigenvalue weighted by Gasteiger charge is -2.27. The van der Waals surface area contributed by atoms with E-state index in [0.29, 0.717) is 13.0 Å². The van der Waals surface area contributed by atoms with Crippen molar-refractivity contribution in [2.45, 2.75) is 25.0 Å². The van der Waals surface area contributed by atoms with Gasteiger partial charge < -0.3 is 19.4 Å². The zero-order valence-corrected chi connectivity index (χ0v) is 14.5. The molecule has 0 spiro atoms. The summed E-state index contributed by atoms with van der Waals surface area (Å²) in [5.41, 5.74) is 7.10. The molecule has 8 heteroatoms. The number of aromatic nitrogens is 1. The third kappa shape index (κ3) is 3.87. The normalized spacial score (nSPS) is 23.2. The number of furan rings is 1. The Balaban J connectivity index is 1.26. The number of morpholine rings is 1. The number of amides is 1. The molecular weight excluding hydrogens is 334 g/mol. The Morgan fingerprint density at radius 3 is 2.88 bits per heavy atom. The molecule has 2 unspecified atom stereocenters. The van der Waals surface area contributed by atoms with E-state index in [1.54, 1.807) is 6.26 Å². The van der Waals surface area contributed by atoms with Crippen molar-refractivity contribution in [2.24, 2.45) is 0 Å². The molecule has 4 rings (SSSR count). The predicted octanol–water partition coefficient (Wildman–Crippen LogP) is 0.735. The first-order chi connectivity index (χ1) is 12.8. The summed E-state index contributed by atoms with van der Waals surface area (Å²) in [7, 11) is 0. The molecule has 2 aromatic heterocycles. The second kappa shape index (κ2) is 7.86. The minimum atomic E-state index is -0.286. The van der Waals surface area contributed by atoms with E-state index in [9.17, 15) is 4.79 Å². The van der Waals surface area contributed by atoms with E-state index in [1.165, 1.54) is 0 Å². The van der Waals surface area contributed by atoms with Crippen LogP contribution < -0.4 is 21.1 Å². The lowest BCUT2D eigenvalue weighted by Crippen LogP contribution is -2.42. The zero-order valence-electron chi connectivity index (χ0n) is 14.5. The summed E-state index contributed by atoms with van der Waals surface area (Å²) in [6.45, 7) is 3.65. The number of carbonyl (C=O) groups is 1. The van der Waals surface area contributed by atoms with Crippen LogP contribution in [0.25, 0.3) is 0 Å². The smallest absolute Gasteiger partial charge is 0.238 e. The summed E-state index contributed by atoms with van der Waals surface area (Å²) in [6.07, 6.45) is 4.10. The van der Waals surface area contributed by atoms with Crippen LogP contribution in [-0.4, -0.2) is 43.2 Å². The fraction of sp³-hybridized carbons (Fsp3) is 0.444. The second-order valence-corrected chi connectivity index (χ2v) is 6.49. The first-order valence-corrected chi connectivity index (χ1v) is 8.89. The minimum Gasteiger partial charge on any atom is -0.468 e. The number of rotatable bonds is 5. The summed E-state index contributed by atoms with van der Waals surface area (Å²) in [5.74, 6) is 1.74. The van der Waals surface area contributed by atoms with E-state index >= 15 is 0 Å². The van der Waals surface area contributed by atoms with Crippen LogP contribution in [0.1, 0.15) is 23.8 Å². The third-order valence-electron chi connectivity index (χ3n) is 4.72. The van der Waals surface area contributed by atoms with Crippen LogP contribution in [0.15, 0.2) is 41.1 Å². The SMILES string of the molecule is O=C(NCc1ccc(N2CCOCC2)nc1)C1CC(c2ccco2)NN1. The number of hydrazine groups is 1. The maximum atomic E-state index is 12.4. The Bertz CT molecular complexity index is 713. The molecule has 2 fully saturated rings. The molecular formula is C18H23N5O3. The van der Waals surface area contributed by atoms with E-state index in [1.807, 2.05) is 30.5 Å². The molecule has 2 aromatic rings. The van der Waals surface area contributed by atoms with Crippen molar-refractivity contribution in [2.75, 3.05) is 31.2 Å². The molecule has 2 aliphatic rings. The largest absolute Gasteiger partial charge is 0.468 e. The van der Waals surface area contributed by atoms with E-state index < -0.39 is 0 Å². The maximum Gasteiger partial charge on any atom is 0.238 e. The molecule has 0 aromatic carbocycles. The molecule has 4 heterocycles. The highest BCUT2D eigenvalue weighted by molar-refractivity contribution is 5.82. The average molecular weight is 357 g/mol. The predicted molar refractivity (Wildman–Crippen MR) is 95.2 cm³/mol. The lowest BCUT2D eigenvalue weighted by atomic mass is 10.1. The molecule has 0 aliphatic carbocycles. The van der Waals surface area contributed by atoms with Crippen LogP contribution in [0, 0.1) is 0 Å². The van der Waals surface area contributed by atoms with Gasteiger partial charge >= 0.3 is 0 Å². The highest BCUT2D eigenvalue weighted by Crippen LogP contribution is 2.22. The third-order valence-corrected chi connectivity index (χ3v) is 4.72. The number of ether oxygens (including phenoxy) is 1. The Morgan fingerprint density at radius 2 is 2.15 bits per heavy atom. The van der Waals surface area contributed by atoms with Gasteiger partial charge in [0.25, 0.3) is 0 Å². The van der Waals surface area contributed by atoms with Gasteiger partial charge in [0.05, 0.1) is 25.5 Å². The topological polar surface area (TPSA) is 91.7 Å². The molecule has 26 heavy (non-hydrogen) atoms. The van der Waals surface area contributed by atoms with Gasteiger partial charge in [-0.15, -0.1) is 0 Å². The molecule has 1 amide bonds. The molecule has 0 radical (unpaired) electrons. The van der Waals surface area contributed by atoms with Gasteiger partial charge in [-0.3, -0.25) is 4.79 Å². The van der Waals surface area contributed by atoms with Crippen molar-refractivity contribution in [1.29, 1.82) is 0 Å². The van der Waals surface area contributed by atoms with Gasteiger partial charge in [-0.2, -0.15) is 0 Å². The molecule has 3 N–H and O–H groups in total. The van der Waals surface area contributed by atoms with Gasteiger partial charge in [0.15, 0.2) is 0 Å². The molecule has 2 atom stereocenters. The summed E-state index contributed by atoms with van der Waals surface area (Å²) in [4.78, 5) is 19.1. The molecule has 138 valence electrons. The number of nitrogens with zero attached hydrogens (tertiary/aromatic N) is 2. The molecule has 0 bridgehead atoms. The van der Waals surface area contributed by atoms with Gasteiger partial charge in [0.2, 0.25) is 5.91 Å². The monoisotopic (exact) mass is 357 g/mol. The van der Waals surface area contributed by atoms with Crippen LogP contribution in [0.5, 0.6) is 0 Å². The fourth-order valence-corrected chi connectivity index (χ4v) is 3.22. The van der Waals surface area contributed by atoms with Crippen molar-refractivity contribution in [3.8, 4) is 0 Å². The van der Waals surface area contributed by atoms with E-state index in [4.69, 9.17) is 9.15 Å². The number of anilines is 1. The summed E-state index contributed by atoms with van der Waals surface area (Å²) in [5, 5.41) is 2.96. The van der Waals surface area contributed by atoms with Crippen LogP contribution in [0.4, 0.5) is 5.82 Å². The van der Waals surface area contributed by atoms with Crippen molar-refractivity contribution in [3.63, 3.8) is 0 Å². The molecule has 2 aliphatic heterocycles. The van der Waals surface area contributed by atoms with Crippen LogP contribution in [-0.2, 0) is 16.1 Å². The number of carbonyl (C=O) groups excluding carboxylic acids is 1. The summed E-state index contributed by atoms with van der Waals surface area (Å²) >= 11 is 0. The zero-order chi connectivity index (χ0) is 17.8. The standard InChI is InChI=1S/C18H23N5O3/c24-18(15-10-14(21-22-15)16-2-1-7-26-16)20-12-13-3-4-17(19-11-13)23-5-8-25-9-6-23/h1-4,7,11,14-15,21-22H,5-6,8-10,12H2,(H,20,24). The highest BCUT2D eigenvalue weighted by Gasteiger charge is 2.31. The van der Waals surface area contributed by atoms with Gasteiger partial charge in [-0.05, 0) is 30.2 Å². The Kier molecular flexibility index (Phi) is 5.14. The second-order valence-electron chi connectivity index (χ2n) is 6.49. The van der Waals surface area contributed by atoms with E-state index in [2.05, 4.69) is 26.1 Å². The molecule has 0 saturated carbocycles.